The molecule has 0 aliphatic heterocycles. The van der Waals surface area contributed by atoms with Crippen molar-refractivity contribution in [1.29, 1.82) is 0 Å². The zero-order valence-corrected chi connectivity index (χ0v) is 9.95. The minimum atomic E-state index is -0.145. The number of aryl methyl sites for hydroxylation is 1. The van der Waals surface area contributed by atoms with Gasteiger partial charge in [-0.15, -0.1) is 0 Å². The molecule has 2 heteroatoms. The lowest BCUT2D eigenvalue weighted by Gasteiger charge is -2.17. The van der Waals surface area contributed by atoms with Crippen LogP contribution in [0.2, 0.25) is 0 Å². The van der Waals surface area contributed by atoms with Crippen LogP contribution < -0.4 is 5.32 Å². The van der Waals surface area contributed by atoms with Crippen LogP contribution in [-0.2, 0) is 13.0 Å². The van der Waals surface area contributed by atoms with Gasteiger partial charge in [0.1, 0.15) is 0 Å². The number of aliphatic hydroxyl groups excluding tert-OH is 1. The van der Waals surface area contributed by atoms with Gasteiger partial charge in [-0.05, 0) is 36.8 Å². The Kier molecular flexibility index (Phi) is 3.97. The lowest BCUT2D eigenvalue weighted by atomic mass is 10.0. The second kappa shape index (κ2) is 5.46. The molecule has 88 valence electrons. The van der Waals surface area contributed by atoms with E-state index in [2.05, 4.69) is 36.5 Å². The molecular formula is C14H21NO. The van der Waals surface area contributed by atoms with Gasteiger partial charge in [0.15, 0.2) is 0 Å². The zero-order valence-electron chi connectivity index (χ0n) is 9.95. The highest BCUT2D eigenvalue weighted by Gasteiger charge is 2.24. The molecule has 0 bridgehead atoms. The van der Waals surface area contributed by atoms with E-state index < -0.39 is 0 Å². The van der Waals surface area contributed by atoms with Crippen LogP contribution in [0.4, 0.5) is 0 Å². The Morgan fingerprint density at radius 1 is 1.25 bits per heavy atom. The van der Waals surface area contributed by atoms with Crippen molar-refractivity contribution in [3.05, 3.63) is 35.4 Å². The number of benzene rings is 1. The van der Waals surface area contributed by atoms with Crippen molar-refractivity contribution in [3.63, 3.8) is 0 Å². The fourth-order valence-corrected chi connectivity index (χ4v) is 2.49. The van der Waals surface area contributed by atoms with E-state index in [1.165, 1.54) is 11.1 Å². The summed E-state index contributed by atoms with van der Waals surface area (Å²) in [6, 6.07) is 8.83. The Labute approximate surface area is 97.7 Å². The number of hydrogen-bond donors (Lipinski definition) is 2. The molecule has 0 unspecified atom stereocenters. The fraction of sp³-hybridized carbons (Fsp3) is 0.571. The van der Waals surface area contributed by atoms with Crippen LogP contribution in [0.3, 0.4) is 0 Å². The minimum absolute atomic E-state index is 0.145. The molecule has 2 rings (SSSR count). The topological polar surface area (TPSA) is 32.3 Å². The van der Waals surface area contributed by atoms with Crippen molar-refractivity contribution in [2.24, 2.45) is 0 Å². The molecule has 0 aromatic heterocycles. The summed E-state index contributed by atoms with van der Waals surface area (Å²) < 4.78 is 0. The smallest absolute Gasteiger partial charge is 0.0693 e. The maximum Gasteiger partial charge on any atom is 0.0693 e. The van der Waals surface area contributed by atoms with Gasteiger partial charge in [-0.1, -0.05) is 31.2 Å². The number of rotatable bonds is 4. The molecule has 1 aromatic carbocycles. The summed E-state index contributed by atoms with van der Waals surface area (Å²) in [5, 5.41) is 13.2. The summed E-state index contributed by atoms with van der Waals surface area (Å²) in [4.78, 5) is 0. The third kappa shape index (κ3) is 2.63. The van der Waals surface area contributed by atoms with Crippen molar-refractivity contribution >= 4 is 0 Å². The molecule has 1 saturated carbocycles. The largest absolute Gasteiger partial charge is 0.392 e. The summed E-state index contributed by atoms with van der Waals surface area (Å²) in [5.74, 6) is 0. The van der Waals surface area contributed by atoms with E-state index in [0.717, 1.165) is 32.2 Å². The standard InChI is InChI=1S/C14H21NO/c1-2-11-6-3-4-7-12(11)10-15-13-8-5-9-14(13)16/h3-4,6-7,13-16H,2,5,8-10H2,1H3/t13-,14-/m0/s1. The van der Waals surface area contributed by atoms with Crippen LogP contribution >= 0.6 is 0 Å². The fourth-order valence-electron chi connectivity index (χ4n) is 2.49. The number of nitrogens with one attached hydrogen (secondary N) is 1. The highest BCUT2D eigenvalue weighted by molar-refractivity contribution is 5.26. The van der Waals surface area contributed by atoms with Gasteiger partial charge in [-0.25, -0.2) is 0 Å². The summed E-state index contributed by atoms with van der Waals surface area (Å²) >= 11 is 0. The van der Waals surface area contributed by atoms with Gasteiger partial charge in [-0.2, -0.15) is 0 Å². The highest BCUT2D eigenvalue weighted by Crippen LogP contribution is 2.19. The van der Waals surface area contributed by atoms with E-state index in [-0.39, 0.29) is 6.10 Å². The molecule has 1 aromatic rings. The van der Waals surface area contributed by atoms with Gasteiger partial charge in [0, 0.05) is 12.6 Å². The Balaban J connectivity index is 1.93. The summed E-state index contributed by atoms with van der Waals surface area (Å²) in [6.07, 6.45) is 4.14. The van der Waals surface area contributed by atoms with E-state index in [9.17, 15) is 5.11 Å². The van der Waals surface area contributed by atoms with Gasteiger partial charge in [0.25, 0.3) is 0 Å². The molecule has 0 saturated heterocycles. The van der Waals surface area contributed by atoms with Gasteiger partial charge >= 0.3 is 0 Å². The zero-order chi connectivity index (χ0) is 11.4. The van der Waals surface area contributed by atoms with Crippen LogP contribution in [0, 0.1) is 0 Å². The van der Waals surface area contributed by atoms with Crippen LogP contribution in [0.15, 0.2) is 24.3 Å². The van der Waals surface area contributed by atoms with Crippen molar-refractivity contribution < 1.29 is 5.11 Å². The first-order chi connectivity index (χ1) is 7.81. The van der Waals surface area contributed by atoms with Gasteiger partial charge < -0.3 is 10.4 Å². The minimum Gasteiger partial charge on any atom is -0.392 e. The van der Waals surface area contributed by atoms with Crippen molar-refractivity contribution in [2.75, 3.05) is 0 Å². The van der Waals surface area contributed by atoms with E-state index in [0.29, 0.717) is 6.04 Å². The number of hydrogen-bond acceptors (Lipinski definition) is 2. The number of aliphatic hydroxyl groups is 1. The normalized spacial score (nSPS) is 24.9. The third-order valence-corrected chi connectivity index (χ3v) is 3.53. The Morgan fingerprint density at radius 2 is 2.00 bits per heavy atom. The monoisotopic (exact) mass is 219 g/mol. The first kappa shape index (κ1) is 11.6. The predicted octanol–water partition coefficient (Wildman–Crippen LogP) is 2.25. The lowest BCUT2D eigenvalue weighted by molar-refractivity contribution is 0.148. The molecule has 16 heavy (non-hydrogen) atoms. The van der Waals surface area contributed by atoms with Crippen molar-refractivity contribution in [3.8, 4) is 0 Å². The Bertz CT molecular complexity index is 337. The molecule has 0 spiro atoms. The second-order valence-electron chi connectivity index (χ2n) is 4.61. The van der Waals surface area contributed by atoms with Crippen LogP contribution in [0.25, 0.3) is 0 Å². The molecule has 1 aliphatic rings. The predicted molar refractivity (Wildman–Crippen MR) is 66.3 cm³/mol. The summed E-state index contributed by atoms with van der Waals surface area (Å²) in [7, 11) is 0. The Morgan fingerprint density at radius 3 is 2.62 bits per heavy atom. The van der Waals surface area contributed by atoms with Crippen LogP contribution in [-0.4, -0.2) is 17.3 Å². The van der Waals surface area contributed by atoms with E-state index in [4.69, 9.17) is 0 Å². The maximum absolute atomic E-state index is 9.73. The molecule has 2 nitrogen and oxygen atoms in total. The summed E-state index contributed by atoms with van der Waals surface area (Å²) in [6.45, 7) is 3.06. The molecule has 0 radical (unpaired) electrons. The average Bonchev–Trinajstić information content (AvgIpc) is 2.72. The Hall–Kier alpha value is -0.860. The highest BCUT2D eigenvalue weighted by atomic mass is 16.3. The van der Waals surface area contributed by atoms with Crippen molar-refractivity contribution in [2.45, 2.75) is 51.3 Å². The van der Waals surface area contributed by atoms with Crippen LogP contribution in [0.1, 0.15) is 37.3 Å². The maximum atomic E-state index is 9.73. The lowest BCUT2D eigenvalue weighted by Crippen LogP contribution is -2.35. The molecule has 1 aliphatic carbocycles. The summed E-state index contributed by atoms with van der Waals surface area (Å²) in [5.41, 5.74) is 2.77. The second-order valence-corrected chi connectivity index (χ2v) is 4.61. The first-order valence-corrected chi connectivity index (χ1v) is 6.29. The van der Waals surface area contributed by atoms with Crippen LogP contribution in [0.5, 0.6) is 0 Å². The molecule has 2 atom stereocenters. The van der Waals surface area contributed by atoms with E-state index in [1.54, 1.807) is 0 Å². The van der Waals surface area contributed by atoms with E-state index in [1.807, 2.05) is 0 Å². The molecule has 0 heterocycles. The molecular weight excluding hydrogens is 198 g/mol. The van der Waals surface area contributed by atoms with Gasteiger partial charge in [0.2, 0.25) is 0 Å². The molecule has 2 N–H and O–H groups in total. The quantitative estimate of drug-likeness (QED) is 0.814. The molecule has 1 fully saturated rings. The van der Waals surface area contributed by atoms with Gasteiger partial charge in [-0.3, -0.25) is 0 Å². The van der Waals surface area contributed by atoms with Gasteiger partial charge in [0.05, 0.1) is 6.10 Å². The average molecular weight is 219 g/mol. The van der Waals surface area contributed by atoms with Crippen molar-refractivity contribution in [1.82, 2.24) is 5.32 Å². The molecule has 0 amide bonds. The van der Waals surface area contributed by atoms with E-state index >= 15 is 0 Å². The first-order valence-electron chi connectivity index (χ1n) is 6.29. The SMILES string of the molecule is CCc1ccccc1CN[C@H]1CCC[C@@H]1O. The third-order valence-electron chi connectivity index (χ3n) is 3.53.